The second-order valence-electron chi connectivity index (χ2n) is 9.30. The molecule has 0 saturated heterocycles. The molecule has 3 aliphatic rings. The largest absolute Gasteiger partial charge is 0.493 e. The lowest BCUT2D eigenvalue weighted by Gasteiger charge is -2.35. The van der Waals surface area contributed by atoms with Crippen molar-refractivity contribution in [2.24, 2.45) is 0 Å². The topological polar surface area (TPSA) is 68.2 Å². The van der Waals surface area contributed by atoms with Gasteiger partial charge in [0.1, 0.15) is 11.7 Å². The number of aliphatic hydroxyl groups is 1. The van der Waals surface area contributed by atoms with E-state index in [-0.39, 0.29) is 17.5 Å². The molecule has 1 aromatic carbocycles. The Morgan fingerprint density at radius 2 is 2.17 bits per heavy atom. The number of benzene rings is 1. The van der Waals surface area contributed by atoms with Gasteiger partial charge in [-0.25, -0.2) is 0 Å². The third-order valence-electron chi connectivity index (χ3n) is 6.09. The van der Waals surface area contributed by atoms with E-state index in [1.807, 2.05) is 32.9 Å². The number of hydrogen-bond donors (Lipinski definition) is 1. The van der Waals surface area contributed by atoms with Crippen LogP contribution in [0.5, 0.6) is 11.5 Å². The Morgan fingerprint density at radius 3 is 2.90 bits per heavy atom. The summed E-state index contributed by atoms with van der Waals surface area (Å²) in [5, 5.41) is 10.2. The van der Waals surface area contributed by atoms with E-state index in [1.54, 1.807) is 7.11 Å². The number of esters is 1. The Morgan fingerprint density at radius 1 is 1.38 bits per heavy atom. The van der Waals surface area contributed by atoms with E-state index < -0.39 is 11.7 Å². The number of aliphatic hydroxyl groups excluding tert-OH is 1. The fourth-order valence-electron chi connectivity index (χ4n) is 4.83. The van der Waals surface area contributed by atoms with Crippen LogP contribution in [0.15, 0.2) is 24.3 Å². The van der Waals surface area contributed by atoms with Crippen LogP contribution in [0.2, 0.25) is 0 Å². The highest BCUT2D eigenvalue weighted by molar-refractivity contribution is 5.70. The first kappa shape index (κ1) is 20.2. The van der Waals surface area contributed by atoms with Crippen molar-refractivity contribution in [2.45, 2.75) is 69.8 Å². The van der Waals surface area contributed by atoms with E-state index in [2.05, 4.69) is 17.0 Å². The lowest BCUT2D eigenvalue weighted by atomic mass is 9.69. The summed E-state index contributed by atoms with van der Waals surface area (Å²) in [5.74, 6) is 1.38. The first-order valence-corrected chi connectivity index (χ1v) is 10.4. The van der Waals surface area contributed by atoms with Gasteiger partial charge in [0.25, 0.3) is 0 Å². The molecule has 1 N–H and O–H groups in total. The summed E-state index contributed by atoms with van der Waals surface area (Å²) in [6, 6.07) is 4.06. The number of rotatable bonds is 4. The molecule has 0 bridgehead atoms. The number of nitrogens with zero attached hydrogens (tertiary/aromatic N) is 1. The number of methoxy groups -OCH3 is 1. The molecule has 29 heavy (non-hydrogen) atoms. The Balaban J connectivity index is 1.60. The van der Waals surface area contributed by atoms with Crippen LogP contribution >= 0.6 is 0 Å². The molecule has 2 heterocycles. The standard InChI is InChI=1S/C23H31NO5/c1-22(2,3)29-19(26)8-11-24-12-10-23-9-7-16(25)13-18(23)28-21-17(27-4)6-5-15(14-24)20(21)23/h5-7,9,16,18,25H,8,10-14H2,1-4H3. The molecule has 158 valence electrons. The maximum atomic E-state index is 12.2. The highest BCUT2D eigenvalue weighted by atomic mass is 16.6. The zero-order valence-corrected chi connectivity index (χ0v) is 17.7. The molecule has 2 aliphatic heterocycles. The fraction of sp³-hybridized carbons (Fsp3) is 0.609. The molecular weight excluding hydrogens is 370 g/mol. The molecule has 1 aliphatic carbocycles. The predicted molar refractivity (Wildman–Crippen MR) is 109 cm³/mol. The summed E-state index contributed by atoms with van der Waals surface area (Å²) >= 11 is 0. The molecule has 4 rings (SSSR count). The van der Waals surface area contributed by atoms with E-state index in [0.717, 1.165) is 31.0 Å². The summed E-state index contributed by atoms with van der Waals surface area (Å²) in [5.41, 5.74) is 1.67. The van der Waals surface area contributed by atoms with E-state index in [9.17, 15) is 9.90 Å². The Kier molecular flexibility index (Phi) is 5.11. The number of hydrogen-bond acceptors (Lipinski definition) is 6. The molecule has 6 nitrogen and oxygen atoms in total. The molecule has 3 atom stereocenters. The third-order valence-corrected chi connectivity index (χ3v) is 6.09. The third kappa shape index (κ3) is 3.76. The van der Waals surface area contributed by atoms with Crippen LogP contribution in [-0.2, 0) is 21.5 Å². The van der Waals surface area contributed by atoms with Gasteiger partial charge in [0, 0.05) is 25.1 Å². The second kappa shape index (κ2) is 7.33. The van der Waals surface area contributed by atoms with Crippen LogP contribution in [0.1, 0.15) is 51.2 Å². The van der Waals surface area contributed by atoms with Gasteiger partial charge in [0.2, 0.25) is 0 Å². The summed E-state index contributed by atoms with van der Waals surface area (Å²) in [4.78, 5) is 14.5. The average molecular weight is 402 g/mol. The summed E-state index contributed by atoms with van der Waals surface area (Å²) in [6.45, 7) is 7.93. The Bertz CT molecular complexity index is 827. The van der Waals surface area contributed by atoms with Crippen molar-refractivity contribution in [2.75, 3.05) is 20.2 Å². The smallest absolute Gasteiger partial charge is 0.307 e. The maximum Gasteiger partial charge on any atom is 0.307 e. The van der Waals surface area contributed by atoms with Crippen molar-refractivity contribution >= 4 is 5.97 Å². The lowest BCUT2D eigenvalue weighted by molar-refractivity contribution is -0.155. The van der Waals surface area contributed by atoms with Crippen molar-refractivity contribution in [1.29, 1.82) is 0 Å². The maximum absolute atomic E-state index is 12.2. The van der Waals surface area contributed by atoms with Crippen molar-refractivity contribution in [3.05, 3.63) is 35.4 Å². The van der Waals surface area contributed by atoms with Gasteiger partial charge in [-0.15, -0.1) is 0 Å². The van der Waals surface area contributed by atoms with E-state index in [0.29, 0.717) is 19.4 Å². The molecule has 0 saturated carbocycles. The molecule has 0 fully saturated rings. The van der Waals surface area contributed by atoms with Gasteiger partial charge in [-0.05, 0) is 45.4 Å². The minimum absolute atomic E-state index is 0.0987. The SMILES string of the molecule is COc1ccc2c3c1OC1CC(O)C=CC31CCN(CCC(=O)OC(C)(C)C)C2. The molecule has 6 heteroatoms. The first-order chi connectivity index (χ1) is 13.7. The lowest BCUT2D eigenvalue weighted by Crippen LogP contribution is -2.43. The van der Waals surface area contributed by atoms with Gasteiger partial charge in [-0.2, -0.15) is 0 Å². The molecule has 0 radical (unpaired) electrons. The van der Waals surface area contributed by atoms with Crippen molar-refractivity contribution < 1.29 is 24.1 Å². The molecule has 0 amide bonds. The van der Waals surface area contributed by atoms with Crippen LogP contribution in [0.25, 0.3) is 0 Å². The van der Waals surface area contributed by atoms with Crippen LogP contribution in [0.3, 0.4) is 0 Å². The van der Waals surface area contributed by atoms with Crippen molar-refractivity contribution in [3.63, 3.8) is 0 Å². The first-order valence-electron chi connectivity index (χ1n) is 10.4. The normalized spacial score (nSPS) is 28.2. The van der Waals surface area contributed by atoms with Crippen LogP contribution in [0.4, 0.5) is 0 Å². The second-order valence-corrected chi connectivity index (χ2v) is 9.30. The van der Waals surface area contributed by atoms with Gasteiger partial charge in [0.05, 0.1) is 25.0 Å². The van der Waals surface area contributed by atoms with Crippen LogP contribution < -0.4 is 9.47 Å². The quantitative estimate of drug-likeness (QED) is 0.618. The van der Waals surface area contributed by atoms with Crippen LogP contribution in [-0.4, -0.2) is 54.0 Å². The highest BCUT2D eigenvalue weighted by Gasteiger charge is 2.52. The van der Waals surface area contributed by atoms with Crippen molar-refractivity contribution in [3.8, 4) is 11.5 Å². The number of ether oxygens (including phenoxy) is 3. The minimum Gasteiger partial charge on any atom is -0.493 e. The summed E-state index contributed by atoms with van der Waals surface area (Å²) < 4.78 is 17.4. The minimum atomic E-state index is -0.485. The number of carbonyl (C=O) groups excluding carboxylic acids is 1. The van der Waals surface area contributed by atoms with Gasteiger partial charge < -0.3 is 19.3 Å². The van der Waals surface area contributed by atoms with Gasteiger partial charge in [0.15, 0.2) is 11.5 Å². The molecule has 1 aromatic rings. The van der Waals surface area contributed by atoms with E-state index in [1.165, 1.54) is 11.1 Å². The predicted octanol–water partition coefficient (Wildman–Crippen LogP) is 2.95. The van der Waals surface area contributed by atoms with Crippen molar-refractivity contribution in [1.82, 2.24) is 4.90 Å². The van der Waals surface area contributed by atoms with E-state index in [4.69, 9.17) is 14.2 Å². The van der Waals surface area contributed by atoms with E-state index >= 15 is 0 Å². The zero-order chi connectivity index (χ0) is 20.8. The van der Waals surface area contributed by atoms with Gasteiger partial charge >= 0.3 is 5.97 Å². The van der Waals surface area contributed by atoms with Gasteiger partial charge in [-0.1, -0.05) is 18.2 Å². The molecule has 3 unspecified atom stereocenters. The fourth-order valence-corrected chi connectivity index (χ4v) is 4.83. The molecule has 0 aromatic heterocycles. The number of carbonyl (C=O) groups is 1. The van der Waals surface area contributed by atoms with Crippen LogP contribution in [0, 0.1) is 0 Å². The highest BCUT2D eigenvalue weighted by Crippen LogP contribution is 2.55. The Labute approximate surface area is 172 Å². The Hall–Kier alpha value is -2.05. The molecular formula is C23H31NO5. The zero-order valence-electron chi connectivity index (χ0n) is 17.7. The van der Waals surface area contributed by atoms with Gasteiger partial charge in [-0.3, -0.25) is 9.69 Å². The summed E-state index contributed by atoms with van der Waals surface area (Å²) in [7, 11) is 1.66. The average Bonchev–Trinajstić information content (AvgIpc) is 2.88. The summed E-state index contributed by atoms with van der Waals surface area (Å²) in [6.07, 6.45) is 5.27. The molecule has 1 spiro atoms. The monoisotopic (exact) mass is 401 g/mol.